The van der Waals surface area contributed by atoms with Gasteiger partial charge in [0.25, 0.3) is 0 Å². The Morgan fingerprint density at radius 3 is 2.67 bits per heavy atom. The molecular formula is C17H13ClN2O. The third kappa shape index (κ3) is 2.72. The van der Waals surface area contributed by atoms with E-state index in [9.17, 15) is 5.26 Å². The molecule has 0 aliphatic carbocycles. The van der Waals surface area contributed by atoms with Crippen molar-refractivity contribution >= 4 is 22.5 Å². The van der Waals surface area contributed by atoms with Gasteiger partial charge in [0, 0.05) is 17.1 Å². The van der Waals surface area contributed by atoms with Gasteiger partial charge in [-0.3, -0.25) is 0 Å². The molecule has 3 nitrogen and oxygen atoms in total. The van der Waals surface area contributed by atoms with E-state index in [4.69, 9.17) is 16.3 Å². The molecule has 1 aromatic heterocycles. The Bertz CT molecular complexity index is 817. The molecule has 2 aromatic carbocycles. The lowest BCUT2D eigenvalue weighted by atomic mass is 10.2. The number of rotatable bonds is 4. The van der Waals surface area contributed by atoms with Crippen molar-refractivity contribution in [3.05, 3.63) is 65.3 Å². The molecule has 1 heterocycles. The van der Waals surface area contributed by atoms with Crippen LogP contribution in [0.5, 0.6) is 5.75 Å². The van der Waals surface area contributed by atoms with E-state index < -0.39 is 0 Å². The zero-order chi connectivity index (χ0) is 14.7. The van der Waals surface area contributed by atoms with Gasteiger partial charge < -0.3 is 9.30 Å². The summed E-state index contributed by atoms with van der Waals surface area (Å²) in [6.07, 6.45) is 1.86. The van der Waals surface area contributed by atoms with Crippen LogP contribution >= 0.6 is 11.6 Å². The monoisotopic (exact) mass is 296 g/mol. The van der Waals surface area contributed by atoms with Gasteiger partial charge in [0.1, 0.15) is 18.4 Å². The number of para-hydroxylation sites is 2. The molecule has 0 aliphatic heterocycles. The zero-order valence-electron chi connectivity index (χ0n) is 11.3. The van der Waals surface area contributed by atoms with E-state index in [0.29, 0.717) is 29.5 Å². The first-order valence-corrected chi connectivity index (χ1v) is 7.02. The van der Waals surface area contributed by atoms with Crippen LogP contribution in [0.3, 0.4) is 0 Å². The van der Waals surface area contributed by atoms with Gasteiger partial charge in [0.05, 0.1) is 17.1 Å². The average molecular weight is 297 g/mol. The van der Waals surface area contributed by atoms with E-state index in [1.54, 1.807) is 6.07 Å². The number of hydrogen-bond donors (Lipinski definition) is 0. The minimum absolute atomic E-state index is 0.493. The summed E-state index contributed by atoms with van der Waals surface area (Å²) >= 11 is 6.05. The second-order valence-corrected chi connectivity index (χ2v) is 5.05. The van der Waals surface area contributed by atoms with Gasteiger partial charge in [-0.05, 0) is 18.2 Å². The van der Waals surface area contributed by atoms with Crippen LogP contribution in [-0.4, -0.2) is 11.2 Å². The Morgan fingerprint density at radius 1 is 1.10 bits per heavy atom. The molecule has 21 heavy (non-hydrogen) atoms. The number of benzene rings is 2. The summed E-state index contributed by atoms with van der Waals surface area (Å²) in [7, 11) is 0. The van der Waals surface area contributed by atoms with Gasteiger partial charge in [0.15, 0.2) is 0 Å². The minimum Gasteiger partial charge on any atom is -0.490 e. The fourth-order valence-electron chi connectivity index (χ4n) is 2.34. The lowest BCUT2D eigenvalue weighted by Gasteiger charge is -2.09. The maximum absolute atomic E-state index is 9.18. The summed E-state index contributed by atoms with van der Waals surface area (Å²) < 4.78 is 7.73. The number of nitrogens with zero attached hydrogens (tertiary/aromatic N) is 2. The third-order valence-corrected chi connectivity index (χ3v) is 3.65. The van der Waals surface area contributed by atoms with Crippen molar-refractivity contribution in [2.24, 2.45) is 0 Å². The van der Waals surface area contributed by atoms with E-state index in [1.807, 2.05) is 53.2 Å². The number of halogens is 1. The van der Waals surface area contributed by atoms with E-state index in [-0.39, 0.29) is 0 Å². The van der Waals surface area contributed by atoms with Crippen molar-refractivity contribution in [2.75, 3.05) is 6.61 Å². The molecule has 0 atom stereocenters. The quantitative estimate of drug-likeness (QED) is 0.722. The van der Waals surface area contributed by atoms with Crippen LogP contribution in [-0.2, 0) is 6.54 Å². The Labute approximate surface area is 127 Å². The highest BCUT2D eigenvalue weighted by molar-refractivity contribution is 6.32. The lowest BCUT2D eigenvalue weighted by molar-refractivity contribution is 0.300. The molecule has 0 N–H and O–H groups in total. The van der Waals surface area contributed by atoms with Crippen LogP contribution < -0.4 is 4.74 Å². The highest BCUT2D eigenvalue weighted by Crippen LogP contribution is 2.24. The highest BCUT2D eigenvalue weighted by atomic mass is 35.5. The van der Waals surface area contributed by atoms with Gasteiger partial charge in [-0.2, -0.15) is 5.26 Å². The first-order chi connectivity index (χ1) is 10.3. The van der Waals surface area contributed by atoms with Crippen molar-refractivity contribution in [3.8, 4) is 11.8 Å². The van der Waals surface area contributed by atoms with E-state index in [2.05, 4.69) is 6.07 Å². The summed E-state index contributed by atoms with van der Waals surface area (Å²) in [5.41, 5.74) is 1.72. The largest absolute Gasteiger partial charge is 0.490 e. The summed E-state index contributed by atoms with van der Waals surface area (Å²) in [6, 6.07) is 17.5. The Balaban J connectivity index is 1.77. The molecule has 0 amide bonds. The SMILES string of the molecule is N#Cc1cn(CCOc2ccccc2Cl)c2ccccc12. The fraction of sp³-hybridized carbons (Fsp3) is 0.118. The summed E-state index contributed by atoms with van der Waals surface area (Å²) in [5, 5.41) is 10.8. The highest BCUT2D eigenvalue weighted by Gasteiger charge is 2.07. The molecule has 0 bridgehead atoms. The molecule has 0 aliphatic rings. The zero-order valence-corrected chi connectivity index (χ0v) is 12.0. The molecular weight excluding hydrogens is 284 g/mol. The number of nitriles is 1. The van der Waals surface area contributed by atoms with Crippen molar-refractivity contribution in [1.82, 2.24) is 4.57 Å². The minimum atomic E-state index is 0.493. The topological polar surface area (TPSA) is 38.0 Å². The predicted molar refractivity (Wildman–Crippen MR) is 83.6 cm³/mol. The molecule has 0 saturated carbocycles. The van der Waals surface area contributed by atoms with Crippen molar-refractivity contribution < 1.29 is 4.74 Å². The van der Waals surface area contributed by atoms with E-state index in [0.717, 1.165) is 10.9 Å². The van der Waals surface area contributed by atoms with Gasteiger partial charge in [-0.1, -0.05) is 41.9 Å². The number of ether oxygens (including phenoxy) is 1. The van der Waals surface area contributed by atoms with E-state index >= 15 is 0 Å². The third-order valence-electron chi connectivity index (χ3n) is 3.34. The average Bonchev–Trinajstić information content (AvgIpc) is 2.88. The lowest BCUT2D eigenvalue weighted by Crippen LogP contribution is -2.07. The molecule has 3 rings (SSSR count). The van der Waals surface area contributed by atoms with Crippen LogP contribution in [0.25, 0.3) is 10.9 Å². The van der Waals surface area contributed by atoms with Crippen LogP contribution in [0.1, 0.15) is 5.56 Å². The number of aromatic nitrogens is 1. The summed E-state index contributed by atoms with van der Waals surface area (Å²) in [5.74, 6) is 0.677. The molecule has 0 saturated heterocycles. The van der Waals surface area contributed by atoms with Crippen LogP contribution in [0.4, 0.5) is 0 Å². The second kappa shape index (κ2) is 5.90. The van der Waals surface area contributed by atoms with Crippen molar-refractivity contribution in [3.63, 3.8) is 0 Å². The Morgan fingerprint density at radius 2 is 1.86 bits per heavy atom. The molecule has 0 unspecified atom stereocenters. The maximum Gasteiger partial charge on any atom is 0.137 e. The second-order valence-electron chi connectivity index (χ2n) is 4.64. The first kappa shape index (κ1) is 13.5. The van der Waals surface area contributed by atoms with Crippen molar-refractivity contribution in [2.45, 2.75) is 6.54 Å². The summed E-state index contributed by atoms with van der Waals surface area (Å²) in [6.45, 7) is 1.15. The molecule has 104 valence electrons. The van der Waals surface area contributed by atoms with Gasteiger partial charge >= 0.3 is 0 Å². The van der Waals surface area contributed by atoms with Crippen LogP contribution in [0.15, 0.2) is 54.7 Å². The standard InChI is InChI=1S/C17H13ClN2O/c18-15-6-2-4-8-17(15)21-10-9-20-12-13(11-19)14-5-1-3-7-16(14)20/h1-8,12H,9-10H2. The predicted octanol–water partition coefficient (Wildman–Crippen LogP) is 4.25. The van der Waals surface area contributed by atoms with Crippen LogP contribution in [0.2, 0.25) is 5.02 Å². The molecule has 0 spiro atoms. The Hall–Kier alpha value is -2.44. The normalized spacial score (nSPS) is 10.5. The molecule has 0 radical (unpaired) electrons. The van der Waals surface area contributed by atoms with Gasteiger partial charge in [-0.25, -0.2) is 0 Å². The summed E-state index contributed by atoms with van der Waals surface area (Å²) in [4.78, 5) is 0. The van der Waals surface area contributed by atoms with Crippen molar-refractivity contribution in [1.29, 1.82) is 5.26 Å². The first-order valence-electron chi connectivity index (χ1n) is 6.65. The number of fused-ring (bicyclic) bond motifs is 1. The molecule has 4 heteroatoms. The van der Waals surface area contributed by atoms with Gasteiger partial charge in [0.2, 0.25) is 0 Å². The molecule has 3 aromatic rings. The fourth-order valence-corrected chi connectivity index (χ4v) is 2.53. The Kier molecular flexibility index (Phi) is 3.81. The maximum atomic E-state index is 9.18. The smallest absolute Gasteiger partial charge is 0.137 e. The van der Waals surface area contributed by atoms with Gasteiger partial charge in [-0.15, -0.1) is 0 Å². The number of hydrogen-bond acceptors (Lipinski definition) is 2. The molecule has 0 fully saturated rings. The van der Waals surface area contributed by atoms with Crippen LogP contribution in [0, 0.1) is 11.3 Å². The van der Waals surface area contributed by atoms with E-state index in [1.165, 1.54) is 0 Å².